The topological polar surface area (TPSA) is 17.0 Å². The maximum Gasteiger partial charge on any atom is 0.0541 e. The molecule has 6 aromatic carbocycles. The third-order valence-corrected chi connectivity index (χ3v) is 8.51. The lowest BCUT2D eigenvalue weighted by atomic mass is 9.88. The summed E-state index contributed by atoms with van der Waals surface area (Å²) in [5.41, 5.74) is 9.69. The molecule has 1 aliphatic rings. The largest absolute Gasteiger partial charge is 0.355 e. The number of nitrogens with one attached hydrogen (secondary N) is 1. The van der Waals surface area contributed by atoms with Gasteiger partial charge in [-0.15, -0.1) is 0 Å². The molecule has 1 N–H and O–H groups in total. The highest BCUT2D eigenvalue weighted by atomic mass is 15.0. The molecule has 2 nitrogen and oxygen atoms in total. The van der Waals surface area contributed by atoms with E-state index in [4.69, 9.17) is 0 Å². The van der Waals surface area contributed by atoms with Gasteiger partial charge in [-0.25, -0.2) is 0 Å². The van der Waals surface area contributed by atoms with Gasteiger partial charge in [-0.2, -0.15) is 0 Å². The summed E-state index contributed by atoms with van der Waals surface area (Å²) in [6.07, 6.45) is 9.91. The Kier molecular flexibility index (Phi) is 5.97. The Bertz CT molecular complexity index is 2140. The van der Waals surface area contributed by atoms with Crippen LogP contribution in [0, 0.1) is 0 Å². The highest BCUT2D eigenvalue weighted by molar-refractivity contribution is 6.10. The van der Waals surface area contributed by atoms with Crippen molar-refractivity contribution in [2.45, 2.75) is 12.3 Å². The van der Waals surface area contributed by atoms with E-state index in [9.17, 15) is 0 Å². The average molecular weight is 539 g/mol. The first-order chi connectivity index (χ1) is 20.8. The molecule has 0 saturated carbocycles. The normalized spacial score (nSPS) is 14.6. The minimum atomic E-state index is 0.316. The fraction of sp³-hybridized carbons (Fsp3) is 0.0500. The molecule has 0 bridgehead atoms. The molecule has 200 valence electrons. The molecule has 7 aromatic rings. The number of aromatic nitrogens is 1. The van der Waals surface area contributed by atoms with E-state index in [1.807, 2.05) is 0 Å². The third-order valence-electron chi connectivity index (χ3n) is 8.51. The lowest BCUT2D eigenvalue weighted by Gasteiger charge is -2.21. The van der Waals surface area contributed by atoms with Gasteiger partial charge in [0.1, 0.15) is 0 Å². The van der Waals surface area contributed by atoms with Gasteiger partial charge in [-0.3, -0.25) is 0 Å². The zero-order valence-electron chi connectivity index (χ0n) is 23.2. The van der Waals surface area contributed by atoms with Crippen LogP contribution in [0.4, 0.5) is 11.4 Å². The van der Waals surface area contributed by atoms with E-state index >= 15 is 0 Å². The molecule has 8 rings (SSSR count). The molecule has 0 aliphatic heterocycles. The van der Waals surface area contributed by atoms with Crippen LogP contribution in [0.25, 0.3) is 49.4 Å². The minimum Gasteiger partial charge on any atom is -0.355 e. The zero-order valence-corrected chi connectivity index (χ0v) is 23.2. The molecule has 1 unspecified atom stereocenters. The van der Waals surface area contributed by atoms with Gasteiger partial charge in [0.05, 0.1) is 11.0 Å². The first kappa shape index (κ1) is 24.5. The van der Waals surface area contributed by atoms with E-state index in [0.717, 1.165) is 17.8 Å². The number of fused-ring (bicyclic) bond motifs is 4. The second kappa shape index (κ2) is 10.2. The van der Waals surface area contributed by atoms with Crippen molar-refractivity contribution in [1.29, 1.82) is 0 Å². The molecule has 0 fully saturated rings. The van der Waals surface area contributed by atoms with Crippen LogP contribution >= 0.6 is 0 Å². The summed E-state index contributed by atoms with van der Waals surface area (Å²) < 4.78 is 2.37. The lowest BCUT2D eigenvalue weighted by Crippen LogP contribution is -2.03. The second-order valence-corrected chi connectivity index (χ2v) is 11.0. The van der Waals surface area contributed by atoms with Crippen LogP contribution in [0.5, 0.6) is 0 Å². The summed E-state index contributed by atoms with van der Waals surface area (Å²) in [6.45, 7) is 0. The Morgan fingerprint density at radius 1 is 0.548 bits per heavy atom. The first-order valence-electron chi connectivity index (χ1n) is 14.6. The van der Waals surface area contributed by atoms with Gasteiger partial charge in [0, 0.05) is 39.1 Å². The number of hydrogen-bond acceptors (Lipinski definition) is 1. The lowest BCUT2D eigenvalue weighted by molar-refractivity contribution is 0.856. The molecule has 0 spiro atoms. The predicted molar refractivity (Wildman–Crippen MR) is 179 cm³/mol. The smallest absolute Gasteiger partial charge is 0.0541 e. The average Bonchev–Trinajstić information content (AvgIpc) is 3.40. The summed E-state index contributed by atoms with van der Waals surface area (Å²) in [5, 5.41) is 8.82. The molecular weight excluding hydrogens is 508 g/mol. The molecule has 1 atom stereocenters. The zero-order chi connectivity index (χ0) is 27.9. The van der Waals surface area contributed by atoms with Crippen LogP contribution in [0.3, 0.4) is 0 Å². The molecule has 0 saturated heterocycles. The predicted octanol–water partition coefficient (Wildman–Crippen LogP) is 10.9. The maximum atomic E-state index is 3.81. The standard InChI is InChI=1S/C40H30N2/c1-3-12-29(13-4-1)35-26-30(22-24-38(35)41-37-20-11-15-28-14-7-8-18-33(28)37)31-23-25-40-36(27-31)34-19-9-10-21-39(34)42(40)32-16-5-2-6-17-32/h1-12,14-27,29,41H,13H2. The van der Waals surface area contributed by atoms with Gasteiger partial charge in [0.15, 0.2) is 0 Å². The fourth-order valence-electron chi connectivity index (χ4n) is 6.46. The third kappa shape index (κ3) is 4.20. The fourth-order valence-corrected chi connectivity index (χ4v) is 6.46. The number of benzene rings is 6. The van der Waals surface area contributed by atoms with Crippen molar-refractivity contribution in [2.75, 3.05) is 5.32 Å². The van der Waals surface area contributed by atoms with E-state index in [1.165, 1.54) is 55.0 Å². The van der Waals surface area contributed by atoms with E-state index in [2.05, 4.69) is 168 Å². The van der Waals surface area contributed by atoms with Gasteiger partial charge in [0.25, 0.3) is 0 Å². The van der Waals surface area contributed by atoms with Crippen molar-refractivity contribution in [1.82, 2.24) is 4.57 Å². The number of para-hydroxylation sites is 2. The first-order valence-corrected chi connectivity index (χ1v) is 14.6. The number of hydrogen-bond donors (Lipinski definition) is 1. The van der Waals surface area contributed by atoms with Crippen LogP contribution in [-0.4, -0.2) is 4.57 Å². The SMILES string of the molecule is C1=CCC(c2cc(-c3ccc4c(c3)c3ccccc3n4-c3ccccc3)ccc2Nc2cccc3ccccc23)C=C1. The number of allylic oxidation sites excluding steroid dienone is 4. The summed E-state index contributed by atoms with van der Waals surface area (Å²) in [7, 11) is 0. The monoisotopic (exact) mass is 538 g/mol. The molecule has 42 heavy (non-hydrogen) atoms. The maximum absolute atomic E-state index is 3.81. The summed E-state index contributed by atoms with van der Waals surface area (Å²) in [4.78, 5) is 0. The van der Waals surface area contributed by atoms with Crippen molar-refractivity contribution in [2.24, 2.45) is 0 Å². The van der Waals surface area contributed by atoms with Gasteiger partial charge in [0.2, 0.25) is 0 Å². The van der Waals surface area contributed by atoms with Crippen molar-refractivity contribution in [3.63, 3.8) is 0 Å². The quantitative estimate of drug-likeness (QED) is 0.231. The minimum absolute atomic E-state index is 0.316. The number of nitrogens with zero attached hydrogens (tertiary/aromatic N) is 1. The Morgan fingerprint density at radius 3 is 2.17 bits per heavy atom. The van der Waals surface area contributed by atoms with Crippen LogP contribution in [0.15, 0.2) is 158 Å². The van der Waals surface area contributed by atoms with Crippen molar-refractivity contribution in [3.8, 4) is 16.8 Å². The summed E-state index contributed by atoms with van der Waals surface area (Å²) >= 11 is 0. The number of rotatable bonds is 5. The second-order valence-electron chi connectivity index (χ2n) is 11.0. The van der Waals surface area contributed by atoms with Crippen molar-refractivity contribution < 1.29 is 0 Å². The Morgan fingerprint density at radius 2 is 1.29 bits per heavy atom. The van der Waals surface area contributed by atoms with Crippen LogP contribution in [0.2, 0.25) is 0 Å². The van der Waals surface area contributed by atoms with Crippen LogP contribution in [-0.2, 0) is 0 Å². The molecule has 2 heteroatoms. The molecule has 1 aromatic heterocycles. The Balaban J connectivity index is 1.26. The van der Waals surface area contributed by atoms with E-state index in [1.54, 1.807) is 0 Å². The van der Waals surface area contributed by atoms with Gasteiger partial charge in [-0.05, 0) is 77.0 Å². The van der Waals surface area contributed by atoms with Gasteiger partial charge in [-0.1, -0.05) is 109 Å². The molecule has 1 heterocycles. The molecule has 0 radical (unpaired) electrons. The molecule has 0 amide bonds. The van der Waals surface area contributed by atoms with Crippen LogP contribution < -0.4 is 5.32 Å². The summed E-state index contributed by atoms with van der Waals surface area (Å²) in [6, 6.07) is 48.2. The van der Waals surface area contributed by atoms with E-state index in [-0.39, 0.29) is 0 Å². The van der Waals surface area contributed by atoms with Gasteiger partial charge < -0.3 is 9.88 Å². The van der Waals surface area contributed by atoms with E-state index < -0.39 is 0 Å². The Hall–Kier alpha value is -5.34. The van der Waals surface area contributed by atoms with Crippen LogP contribution in [0.1, 0.15) is 17.9 Å². The summed E-state index contributed by atoms with van der Waals surface area (Å²) in [5.74, 6) is 0.316. The highest BCUT2D eigenvalue weighted by Gasteiger charge is 2.17. The van der Waals surface area contributed by atoms with E-state index in [0.29, 0.717) is 5.92 Å². The Labute approximate surface area is 245 Å². The number of anilines is 2. The van der Waals surface area contributed by atoms with Crippen molar-refractivity contribution in [3.05, 3.63) is 163 Å². The highest BCUT2D eigenvalue weighted by Crippen LogP contribution is 2.39. The molecule has 1 aliphatic carbocycles. The van der Waals surface area contributed by atoms with Gasteiger partial charge >= 0.3 is 0 Å². The molecular formula is C40H30N2. The van der Waals surface area contributed by atoms with Crippen molar-refractivity contribution >= 4 is 44.0 Å².